The van der Waals surface area contributed by atoms with E-state index in [9.17, 15) is 4.79 Å². The highest BCUT2D eigenvalue weighted by Gasteiger charge is 2.11. The lowest BCUT2D eigenvalue weighted by Gasteiger charge is -2.10. The summed E-state index contributed by atoms with van der Waals surface area (Å²) in [5.74, 6) is 5.44. The maximum Gasteiger partial charge on any atom is 0.259 e. The standard InChI is InChI=1S/C14H16N4O/c1-9-5-6-11(8-10(9)2)17-14(19)12-4-3-7-16-13(12)18-15/h3-8H,15H2,1-2H3,(H,16,18)(H,17,19). The summed E-state index contributed by atoms with van der Waals surface area (Å²) in [4.78, 5) is 16.1. The van der Waals surface area contributed by atoms with Gasteiger partial charge in [0.15, 0.2) is 5.82 Å². The van der Waals surface area contributed by atoms with Gasteiger partial charge in [0.1, 0.15) is 0 Å². The molecular weight excluding hydrogens is 240 g/mol. The van der Waals surface area contributed by atoms with Crippen LogP contribution in [-0.4, -0.2) is 10.9 Å². The summed E-state index contributed by atoms with van der Waals surface area (Å²) < 4.78 is 0. The Bertz CT molecular complexity index is 610. The van der Waals surface area contributed by atoms with Crippen LogP contribution in [0.4, 0.5) is 11.5 Å². The number of benzene rings is 1. The van der Waals surface area contributed by atoms with Gasteiger partial charge in [-0.1, -0.05) is 6.07 Å². The van der Waals surface area contributed by atoms with E-state index in [1.165, 1.54) is 5.56 Å². The van der Waals surface area contributed by atoms with E-state index in [2.05, 4.69) is 15.7 Å². The molecule has 0 radical (unpaired) electrons. The van der Waals surface area contributed by atoms with Crippen molar-refractivity contribution in [2.45, 2.75) is 13.8 Å². The molecule has 5 heteroatoms. The van der Waals surface area contributed by atoms with Crippen LogP contribution < -0.4 is 16.6 Å². The van der Waals surface area contributed by atoms with Crippen LogP contribution in [0.5, 0.6) is 0 Å². The molecule has 5 nitrogen and oxygen atoms in total. The zero-order valence-electron chi connectivity index (χ0n) is 10.9. The number of rotatable bonds is 3. The van der Waals surface area contributed by atoms with Crippen molar-refractivity contribution in [3.05, 3.63) is 53.2 Å². The minimum absolute atomic E-state index is 0.246. The summed E-state index contributed by atoms with van der Waals surface area (Å²) in [6.45, 7) is 4.03. The van der Waals surface area contributed by atoms with E-state index in [0.29, 0.717) is 11.4 Å². The van der Waals surface area contributed by atoms with Crippen LogP contribution in [-0.2, 0) is 0 Å². The molecule has 2 rings (SSSR count). The molecule has 0 fully saturated rings. The van der Waals surface area contributed by atoms with Crippen molar-refractivity contribution in [2.75, 3.05) is 10.7 Å². The number of aryl methyl sites for hydroxylation is 2. The van der Waals surface area contributed by atoms with Gasteiger partial charge in [-0.3, -0.25) is 4.79 Å². The lowest BCUT2D eigenvalue weighted by molar-refractivity contribution is 0.102. The van der Waals surface area contributed by atoms with Crippen LogP contribution in [0.25, 0.3) is 0 Å². The lowest BCUT2D eigenvalue weighted by Crippen LogP contribution is -2.18. The Labute approximate surface area is 111 Å². The van der Waals surface area contributed by atoms with Crippen molar-refractivity contribution in [1.29, 1.82) is 0 Å². The number of carbonyl (C=O) groups excluding carboxylic acids is 1. The van der Waals surface area contributed by atoms with Gasteiger partial charge in [0.05, 0.1) is 5.56 Å². The number of hydrazine groups is 1. The maximum atomic E-state index is 12.1. The van der Waals surface area contributed by atoms with Gasteiger partial charge in [-0.25, -0.2) is 10.8 Å². The fraction of sp³-hybridized carbons (Fsp3) is 0.143. The first-order chi connectivity index (χ1) is 9.11. The molecule has 1 aromatic heterocycles. The molecule has 1 heterocycles. The van der Waals surface area contributed by atoms with Crippen LogP contribution in [0.15, 0.2) is 36.5 Å². The second kappa shape index (κ2) is 5.49. The van der Waals surface area contributed by atoms with E-state index in [4.69, 9.17) is 5.84 Å². The second-order valence-corrected chi connectivity index (χ2v) is 4.30. The molecule has 0 bridgehead atoms. The first kappa shape index (κ1) is 13.0. The van der Waals surface area contributed by atoms with Gasteiger partial charge in [0.25, 0.3) is 5.91 Å². The predicted molar refractivity (Wildman–Crippen MR) is 75.9 cm³/mol. The van der Waals surface area contributed by atoms with Gasteiger partial charge in [0.2, 0.25) is 0 Å². The molecule has 0 aliphatic carbocycles. The monoisotopic (exact) mass is 256 g/mol. The third kappa shape index (κ3) is 2.89. The van der Waals surface area contributed by atoms with Gasteiger partial charge in [-0.2, -0.15) is 0 Å². The number of nitrogens with zero attached hydrogens (tertiary/aromatic N) is 1. The number of hydrogen-bond donors (Lipinski definition) is 3. The molecule has 1 amide bonds. The van der Waals surface area contributed by atoms with E-state index < -0.39 is 0 Å². The number of pyridine rings is 1. The predicted octanol–water partition coefficient (Wildman–Crippen LogP) is 2.24. The van der Waals surface area contributed by atoms with Crippen LogP contribution in [0.1, 0.15) is 21.5 Å². The van der Waals surface area contributed by atoms with E-state index in [1.54, 1.807) is 18.3 Å². The SMILES string of the molecule is Cc1ccc(NC(=O)c2cccnc2NN)cc1C. The highest BCUT2D eigenvalue weighted by molar-refractivity contribution is 6.07. The number of nitrogen functional groups attached to an aromatic ring is 1. The summed E-state index contributed by atoms with van der Waals surface area (Å²) in [6.07, 6.45) is 1.57. The number of aromatic nitrogens is 1. The largest absolute Gasteiger partial charge is 0.322 e. The minimum Gasteiger partial charge on any atom is -0.322 e. The summed E-state index contributed by atoms with van der Waals surface area (Å²) in [5.41, 5.74) is 5.88. The Morgan fingerprint density at radius 3 is 2.68 bits per heavy atom. The fourth-order valence-electron chi connectivity index (χ4n) is 1.72. The van der Waals surface area contributed by atoms with E-state index in [0.717, 1.165) is 11.3 Å². The molecule has 19 heavy (non-hydrogen) atoms. The van der Waals surface area contributed by atoms with Gasteiger partial charge in [-0.05, 0) is 49.2 Å². The normalized spacial score (nSPS) is 10.1. The fourth-order valence-corrected chi connectivity index (χ4v) is 1.72. The maximum absolute atomic E-state index is 12.1. The third-order valence-corrected chi connectivity index (χ3v) is 2.95. The molecule has 0 saturated heterocycles. The summed E-state index contributed by atoms with van der Waals surface area (Å²) >= 11 is 0. The Kier molecular flexibility index (Phi) is 3.77. The van der Waals surface area contributed by atoms with Crippen molar-refractivity contribution in [1.82, 2.24) is 4.98 Å². The number of amides is 1. The molecule has 0 saturated carbocycles. The third-order valence-electron chi connectivity index (χ3n) is 2.95. The number of anilines is 2. The highest BCUT2D eigenvalue weighted by Crippen LogP contribution is 2.17. The highest BCUT2D eigenvalue weighted by atomic mass is 16.1. The molecule has 0 aliphatic heterocycles. The second-order valence-electron chi connectivity index (χ2n) is 4.30. The molecular formula is C14H16N4O. The van der Waals surface area contributed by atoms with Gasteiger partial charge >= 0.3 is 0 Å². The molecule has 0 unspecified atom stereocenters. The quantitative estimate of drug-likeness (QED) is 0.581. The smallest absolute Gasteiger partial charge is 0.259 e. The molecule has 0 aliphatic rings. The van der Waals surface area contributed by atoms with Gasteiger partial charge < -0.3 is 10.7 Å². The van der Waals surface area contributed by atoms with Crippen LogP contribution in [0.2, 0.25) is 0 Å². The average molecular weight is 256 g/mol. The Balaban J connectivity index is 2.23. The van der Waals surface area contributed by atoms with E-state index >= 15 is 0 Å². The molecule has 4 N–H and O–H groups in total. The molecule has 0 spiro atoms. The van der Waals surface area contributed by atoms with Gasteiger partial charge in [-0.15, -0.1) is 0 Å². The zero-order valence-corrected chi connectivity index (χ0v) is 10.9. The molecule has 98 valence electrons. The first-order valence-electron chi connectivity index (χ1n) is 5.92. The molecule has 1 aromatic carbocycles. The Morgan fingerprint density at radius 1 is 1.21 bits per heavy atom. The average Bonchev–Trinajstić information content (AvgIpc) is 2.43. The number of nitrogens with two attached hydrogens (primary N) is 1. The Hall–Kier alpha value is -2.40. The first-order valence-corrected chi connectivity index (χ1v) is 5.92. The lowest BCUT2D eigenvalue weighted by atomic mass is 10.1. The van der Waals surface area contributed by atoms with Crippen molar-refractivity contribution in [2.24, 2.45) is 5.84 Å². The number of nitrogens with one attached hydrogen (secondary N) is 2. The van der Waals surface area contributed by atoms with Crippen molar-refractivity contribution in [3.63, 3.8) is 0 Å². The zero-order chi connectivity index (χ0) is 13.8. The minimum atomic E-state index is -0.246. The van der Waals surface area contributed by atoms with E-state index in [-0.39, 0.29) is 5.91 Å². The van der Waals surface area contributed by atoms with Crippen LogP contribution in [0.3, 0.4) is 0 Å². The van der Waals surface area contributed by atoms with Crippen LogP contribution >= 0.6 is 0 Å². The number of carbonyl (C=O) groups is 1. The van der Waals surface area contributed by atoms with Crippen molar-refractivity contribution < 1.29 is 4.79 Å². The Morgan fingerprint density at radius 2 is 2.00 bits per heavy atom. The van der Waals surface area contributed by atoms with Crippen molar-refractivity contribution in [3.8, 4) is 0 Å². The topological polar surface area (TPSA) is 80.0 Å². The molecule has 2 aromatic rings. The molecule has 0 atom stereocenters. The van der Waals surface area contributed by atoms with Crippen molar-refractivity contribution >= 4 is 17.4 Å². The summed E-state index contributed by atoms with van der Waals surface area (Å²) in [6, 6.07) is 9.12. The van der Waals surface area contributed by atoms with Crippen LogP contribution in [0, 0.1) is 13.8 Å². The van der Waals surface area contributed by atoms with Gasteiger partial charge in [0, 0.05) is 11.9 Å². The summed E-state index contributed by atoms with van der Waals surface area (Å²) in [5, 5.41) is 2.83. The number of hydrogen-bond acceptors (Lipinski definition) is 4. The summed E-state index contributed by atoms with van der Waals surface area (Å²) in [7, 11) is 0. The van der Waals surface area contributed by atoms with E-state index in [1.807, 2.05) is 32.0 Å².